The van der Waals surface area contributed by atoms with Crippen molar-refractivity contribution in [3.8, 4) is 5.75 Å². The van der Waals surface area contributed by atoms with Crippen molar-refractivity contribution in [3.05, 3.63) is 35.9 Å². The van der Waals surface area contributed by atoms with Gasteiger partial charge in [0.05, 0.1) is 0 Å². The number of nitrogens with one attached hydrogen (secondary N) is 1. The van der Waals surface area contributed by atoms with Crippen LogP contribution in [0.25, 0.3) is 6.08 Å². The van der Waals surface area contributed by atoms with E-state index in [-0.39, 0.29) is 5.91 Å². The summed E-state index contributed by atoms with van der Waals surface area (Å²) in [5.74, 6) is 5.34. The third-order valence-corrected chi connectivity index (χ3v) is 2.08. The number of ether oxygens (including phenoxy) is 1. The highest BCUT2D eigenvalue weighted by molar-refractivity contribution is 5.80. The molecule has 0 heterocycles. The second-order valence-electron chi connectivity index (χ2n) is 3.31. The number of para-hydroxylation sites is 1. The number of hydrogen-bond acceptors (Lipinski definition) is 3. The molecule has 86 valence electrons. The molecule has 1 aromatic carbocycles. The number of amides is 1. The largest absolute Gasteiger partial charge is 0.480 e. The van der Waals surface area contributed by atoms with Crippen molar-refractivity contribution in [2.45, 2.75) is 20.0 Å². The molecule has 3 N–H and O–H groups in total. The summed E-state index contributed by atoms with van der Waals surface area (Å²) >= 11 is 0. The van der Waals surface area contributed by atoms with Crippen LogP contribution < -0.4 is 16.0 Å². The Balaban J connectivity index is 2.84. The SMILES string of the molecule is CC=Cc1ccccc1OC(C)C(=O)NN. The van der Waals surface area contributed by atoms with Crippen LogP contribution >= 0.6 is 0 Å². The molecular formula is C12H16N2O2. The van der Waals surface area contributed by atoms with E-state index in [9.17, 15) is 4.79 Å². The summed E-state index contributed by atoms with van der Waals surface area (Å²) < 4.78 is 5.51. The number of rotatable bonds is 4. The molecule has 0 aliphatic heterocycles. The summed E-state index contributed by atoms with van der Waals surface area (Å²) in [5, 5.41) is 0. The van der Waals surface area contributed by atoms with E-state index in [0.29, 0.717) is 5.75 Å². The Morgan fingerprint density at radius 2 is 2.19 bits per heavy atom. The van der Waals surface area contributed by atoms with Crippen LogP contribution in [-0.2, 0) is 4.79 Å². The van der Waals surface area contributed by atoms with Gasteiger partial charge in [0.1, 0.15) is 5.75 Å². The van der Waals surface area contributed by atoms with E-state index in [2.05, 4.69) is 5.43 Å². The Kier molecular flexibility index (Phi) is 4.54. The minimum absolute atomic E-state index is 0.352. The molecule has 0 saturated heterocycles. The highest BCUT2D eigenvalue weighted by atomic mass is 16.5. The molecule has 1 aromatic rings. The average molecular weight is 220 g/mol. The van der Waals surface area contributed by atoms with Gasteiger partial charge in [0.15, 0.2) is 6.10 Å². The third kappa shape index (κ3) is 3.10. The van der Waals surface area contributed by atoms with Crippen LogP contribution in [-0.4, -0.2) is 12.0 Å². The van der Waals surface area contributed by atoms with Crippen LogP contribution in [0.3, 0.4) is 0 Å². The fraction of sp³-hybridized carbons (Fsp3) is 0.250. The lowest BCUT2D eigenvalue weighted by molar-refractivity contribution is -0.127. The lowest BCUT2D eigenvalue weighted by Crippen LogP contribution is -2.40. The van der Waals surface area contributed by atoms with E-state index in [1.54, 1.807) is 6.92 Å². The predicted molar refractivity (Wildman–Crippen MR) is 63.6 cm³/mol. The van der Waals surface area contributed by atoms with Crippen LogP contribution in [0, 0.1) is 0 Å². The third-order valence-electron chi connectivity index (χ3n) is 2.08. The number of benzene rings is 1. The number of hydrogen-bond donors (Lipinski definition) is 2. The standard InChI is InChI=1S/C12H16N2O2/c1-3-6-10-7-4-5-8-11(10)16-9(2)12(15)14-13/h3-9H,13H2,1-2H3,(H,14,15). The first-order valence-corrected chi connectivity index (χ1v) is 5.08. The van der Waals surface area contributed by atoms with E-state index in [0.717, 1.165) is 5.56 Å². The van der Waals surface area contributed by atoms with Crippen molar-refractivity contribution in [2.75, 3.05) is 0 Å². The van der Waals surface area contributed by atoms with E-state index in [1.165, 1.54) is 0 Å². The van der Waals surface area contributed by atoms with Crippen molar-refractivity contribution in [2.24, 2.45) is 5.84 Å². The Morgan fingerprint density at radius 1 is 1.50 bits per heavy atom. The molecule has 4 heteroatoms. The van der Waals surface area contributed by atoms with Crippen LogP contribution in [0.2, 0.25) is 0 Å². The van der Waals surface area contributed by atoms with Gasteiger partial charge >= 0.3 is 0 Å². The Morgan fingerprint density at radius 3 is 2.81 bits per heavy atom. The number of hydrazine groups is 1. The van der Waals surface area contributed by atoms with Crippen molar-refractivity contribution in [1.29, 1.82) is 0 Å². The Bertz CT molecular complexity index is 388. The molecule has 1 atom stereocenters. The highest BCUT2D eigenvalue weighted by Crippen LogP contribution is 2.20. The van der Waals surface area contributed by atoms with Gasteiger partial charge in [0.25, 0.3) is 5.91 Å². The monoisotopic (exact) mass is 220 g/mol. The number of allylic oxidation sites excluding steroid dienone is 1. The lowest BCUT2D eigenvalue weighted by Gasteiger charge is -2.14. The van der Waals surface area contributed by atoms with Gasteiger partial charge in [-0.05, 0) is 19.9 Å². The molecule has 1 amide bonds. The average Bonchev–Trinajstić information content (AvgIpc) is 2.31. The Hall–Kier alpha value is -1.81. The lowest BCUT2D eigenvalue weighted by atomic mass is 10.2. The molecule has 0 radical (unpaired) electrons. The first kappa shape index (κ1) is 12.3. The summed E-state index contributed by atoms with van der Waals surface area (Å²) in [6, 6.07) is 7.50. The fourth-order valence-corrected chi connectivity index (χ4v) is 1.27. The van der Waals surface area contributed by atoms with Crippen molar-refractivity contribution < 1.29 is 9.53 Å². The fourth-order valence-electron chi connectivity index (χ4n) is 1.27. The van der Waals surface area contributed by atoms with Crippen molar-refractivity contribution >= 4 is 12.0 Å². The summed E-state index contributed by atoms with van der Waals surface area (Å²) in [4.78, 5) is 11.2. The molecule has 0 saturated carbocycles. The zero-order chi connectivity index (χ0) is 12.0. The molecule has 16 heavy (non-hydrogen) atoms. The topological polar surface area (TPSA) is 64.3 Å². The molecule has 0 bridgehead atoms. The maximum atomic E-state index is 11.2. The van der Waals surface area contributed by atoms with Gasteiger partial charge in [-0.1, -0.05) is 30.4 Å². The number of carbonyl (C=O) groups excluding carboxylic acids is 1. The van der Waals surface area contributed by atoms with Crippen molar-refractivity contribution in [3.63, 3.8) is 0 Å². The zero-order valence-corrected chi connectivity index (χ0v) is 9.44. The van der Waals surface area contributed by atoms with Gasteiger partial charge in [0.2, 0.25) is 0 Å². The molecule has 0 aliphatic carbocycles. The van der Waals surface area contributed by atoms with E-state index >= 15 is 0 Å². The Labute approximate surface area is 95.1 Å². The van der Waals surface area contributed by atoms with Gasteiger partial charge < -0.3 is 4.74 Å². The smallest absolute Gasteiger partial charge is 0.274 e. The molecule has 0 fully saturated rings. The summed E-state index contributed by atoms with van der Waals surface area (Å²) in [6.07, 6.45) is 3.22. The predicted octanol–water partition coefficient (Wildman–Crippen LogP) is 1.48. The van der Waals surface area contributed by atoms with E-state index in [4.69, 9.17) is 10.6 Å². The summed E-state index contributed by atoms with van der Waals surface area (Å²) in [6.45, 7) is 3.57. The number of nitrogens with two attached hydrogens (primary N) is 1. The maximum absolute atomic E-state index is 11.2. The first-order valence-electron chi connectivity index (χ1n) is 5.08. The van der Waals surface area contributed by atoms with Crippen LogP contribution in [0.15, 0.2) is 30.3 Å². The number of carbonyl (C=O) groups is 1. The van der Waals surface area contributed by atoms with Gasteiger partial charge in [-0.25, -0.2) is 5.84 Å². The van der Waals surface area contributed by atoms with Gasteiger partial charge in [-0.3, -0.25) is 10.2 Å². The quantitative estimate of drug-likeness (QED) is 0.459. The summed E-state index contributed by atoms with van der Waals surface area (Å²) in [7, 11) is 0. The molecular weight excluding hydrogens is 204 g/mol. The van der Waals surface area contributed by atoms with Crippen molar-refractivity contribution in [1.82, 2.24) is 5.43 Å². The normalized spacial score (nSPS) is 12.4. The minimum Gasteiger partial charge on any atom is -0.480 e. The minimum atomic E-state index is -0.614. The maximum Gasteiger partial charge on any atom is 0.274 e. The van der Waals surface area contributed by atoms with Crippen LogP contribution in [0.1, 0.15) is 19.4 Å². The van der Waals surface area contributed by atoms with Gasteiger partial charge in [-0.15, -0.1) is 0 Å². The molecule has 1 rings (SSSR count). The molecule has 0 aliphatic rings. The second-order valence-corrected chi connectivity index (χ2v) is 3.31. The van der Waals surface area contributed by atoms with Crippen LogP contribution in [0.4, 0.5) is 0 Å². The molecule has 1 unspecified atom stereocenters. The first-order chi connectivity index (χ1) is 7.69. The molecule has 0 spiro atoms. The summed E-state index contributed by atoms with van der Waals surface area (Å²) in [5.41, 5.74) is 2.99. The van der Waals surface area contributed by atoms with E-state index < -0.39 is 6.10 Å². The zero-order valence-electron chi connectivity index (χ0n) is 9.44. The second kappa shape index (κ2) is 5.92. The van der Waals surface area contributed by atoms with E-state index in [1.807, 2.05) is 43.3 Å². The van der Waals surface area contributed by atoms with Gasteiger partial charge in [-0.2, -0.15) is 0 Å². The molecule has 4 nitrogen and oxygen atoms in total. The highest BCUT2D eigenvalue weighted by Gasteiger charge is 2.13. The molecule has 0 aromatic heterocycles. The van der Waals surface area contributed by atoms with Gasteiger partial charge in [0, 0.05) is 5.56 Å². The van der Waals surface area contributed by atoms with Crippen LogP contribution in [0.5, 0.6) is 5.75 Å².